The molecular weight excluding hydrogens is 540 g/mol. The Labute approximate surface area is 242 Å². The van der Waals surface area contributed by atoms with E-state index in [0.29, 0.717) is 24.2 Å². The molecule has 0 saturated carbocycles. The molecule has 0 spiro atoms. The summed E-state index contributed by atoms with van der Waals surface area (Å²) in [5, 5.41) is 14.1. The topological polar surface area (TPSA) is 146 Å². The molecule has 0 saturated heterocycles. The van der Waals surface area contributed by atoms with Crippen molar-refractivity contribution in [2.75, 3.05) is 23.8 Å². The van der Waals surface area contributed by atoms with Gasteiger partial charge in [0.2, 0.25) is 11.8 Å². The molecule has 0 aliphatic heterocycles. The largest absolute Gasteiger partial charge is 0.462 e. The molecule has 0 radical (unpaired) electrons. The standard InChI is InChI=1S/C30H32N6O6/c1-3-41-29(39)23-19-31-35(21-13-7-5-8-14-21)27(23)33-25(37)17-11-12-18-26(38)34-28-24(30(40)42-4-2)20-32-36(28)22-15-9-6-10-16-22/h5-10,13-16,19-20H,3-4,11-12,17-18H2,1-2H3,(H,33,37)(H,34,38). The molecule has 0 fully saturated rings. The number of aromatic nitrogens is 4. The lowest BCUT2D eigenvalue weighted by Crippen LogP contribution is -2.19. The fourth-order valence-electron chi connectivity index (χ4n) is 4.14. The van der Waals surface area contributed by atoms with Crippen LogP contribution in [0.4, 0.5) is 11.6 Å². The number of amides is 2. The summed E-state index contributed by atoms with van der Waals surface area (Å²) < 4.78 is 13.2. The zero-order chi connectivity index (χ0) is 29.9. The molecule has 4 rings (SSSR count). The molecule has 0 atom stereocenters. The predicted octanol–water partition coefficient (Wildman–Crippen LogP) is 4.55. The van der Waals surface area contributed by atoms with E-state index >= 15 is 0 Å². The third-order valence-electron chi connectivity index (χ3n) is 6.10. The molecule has 218 valence electrons. The van der Waals surface area contributed by atoms with Gasteiger partial charge in [-0.15, -0.1) is 0 Å². The first kappa shape index (κ1) is 29.7. The lowest BCUT2D eigenvalue weighted by molar-refractivity contribution is -0.118. The molecule has 2 heterocycles. The van der Waals surface area contributed by atoms with Crippen molar-refractivity contribution in [3.05, 3.63) is 84.2 Å². The zero-order valence-corrected chi connectivity index (χ0v) is 23.4. The second-order valence-corrected chi connectivity index (χ2v) is 9.05. The molecule has 0 unspecified atom stereocenters. The van der Waals surface area contributed by atoms with Gasteiger partial charge in [0.1, 0.15) is 11.1 Å². The maximum absolute atomic E-state index is 12.8. The number of nitrogens with zero attached hydrogens (tertiary/aromatic N) is 4. The number of nitrogens with one attached hydrogen (secondary N) is 2. The number of unbranched alkanes of at least 4 members (excludes halogenated alkanes) is 1. The van der Waals surface area contributed by atoms with Crippen LogP contribution in [0.3, 0.4) is 0 Å². The van der Waals surface area contributed by atoms with Gasteiger partial charge in [0, 0.05) is 12.8 Å². The summed E-state index contributed by atoms with van der Waals surface area (Å²) in [7, 11) is 0. The molecular formula is C30H32N6O6. The van der Waals surface area contributed by atoms with Crippen LogP contribution in [0.25, 0.3) is 11.4 Å². The van der Waals surface area contributed by atoms with Crippen LogP contribution in [0.2, 0.25) is 0 Å². The third-order valence-corrected chi connectivity index (χ3v) is 6.10. The van der Waals surface area contributed by atoms with Crippen molar-refractivity contribution in [3.63, 3.8) is 0 Å². The van der Waals surface area contributed by atoms with E-state index in [-0.39, 0.29) is 60.6 Å². The van der Waals surface area contributed by atoms with Gasteiger partial charge in [-0.3, -0.25) is 9.59 Å². The summed E-state index contributed by atoms with van der Waals surface area (Å²) in [4.78, 5) is 50.6. The molecule has 0 bridgehead atoms. The number of para-hydroxylation sites is 2. The lowest BCUT2D eigenvalue weighted by Gasteiger charge is -2.12. The second-order valence-electron chi connectivity index (χ2n) is 9.05. The average molecular weight is 573 g/mol. The Kier molecular flexibility index (Phi) is 10.2. The molecule has 0 aliphatic carbocycles. The van der Waals surface area contributed by atoms with Crippen LogP contribution in [0.1, 0.15) is 60.2 Å². The van der Waals surface area contributed by atoms with E-state index in [2.05, 4.69) is 20.8 Å². The zero-order valence-electron chi connectivity index (χ0n) is 23.4. The van der Waals surface area contributed by atoms with Crippen LogP contribution < -0.4 is 10.6 Å². The number of benzene rings is 2. The molecule has 2 aromatic heterocycles. The van der Waals surface area contributed by atoms with E-state index in [1.54, 1.807) is 38.1 Å². The van der Waals surface area contributed by atoms with E-state index in [0.717, 1.165) is 0 Å². The molecule has 2 amide bonds. The lowest BCUT2D eigenvalue weighted by atomic mass is 10.1. The first-order valence-corrected chi connectivity index (χ1v) is 13.6. The Bertz CT molecular complexity index is 1410. The van der Waals surface area contributed by atoms with Crippen molar-refractivity contribution in [3.8, 4) is 11.4 Å². The predicted molar refractivity (Wildman–Crippen MR) is 155 cm³/mol. The minimum Gasteiger partial charge on any atom is -0.462 e. The Balaban J connectivity index is 1.37. The van der Waals surface area contributed by atoms with Crippen molar-refractivity contribution in [2.45, 2.75) is 39.5 Å². The van der Waals surface area contributed by atoms with Gasteiger partial charge >= 0.3 is 11.9 Å². The monoisotopic (exact) mass is 572 g/mol. The van der Waals surface area contributed by atoms with Crippen molar-refractivity contribution in [1.82, 2.24) is 19.6 Å². The highest BCUT2D eigenvalue weighted by Gasteiger charge is 2.23. The number of anilines is 2. The highest BCUT2D eigenvalue weighted by Crippen LogP contribution is 2.23. The van der Waals surface area contributed by atoms with E-state index in [9.17, 15) is 19.2 Å². The summed E-state index contributed by atoms with van der Waals surface area (Å²) in [6.45, 7) is 3.75. The first-order chi connectivity index (χ1) is 20.4. The number of ether oxygens (including phenoxy) is 2. The van der Waals surface area contributed by atoms with Gasteiger partial charge in [-0.25, -0.2) is 19.0 Å². The van der Waals surface area contributed by atoms with Gasteiger partial charge in [0.15, 0.2) is 11.6 Å². The van der Waals surface area contributed by atoms with E-state index in [1.807, 2.05) is 36.4 Å². The normalized spacial score (nSPS) is 10.6. The van der Waals surface area contributed by atoms with Crippen LogP contribution in [0.15, 0.2) is 73.1 Å². The van der Waals surface area contributed by atoms with Gasteiger partial charge in [-0.2, -0.15) is 10.2 Å². The van der Waals surface area contributed by atoms with E-state index in [1.165, 1.54) is 21.8 Å². The van der Waals surface area contributed by atoms with Crippen molar-refractivity contribution in [1.29, 1.82) is 0 Å². The average Bonchev–Trinajstić information content (AvgIpc) is 3.61. The SMILES string of the molecule is CCOC(=O)c1cnn(-c2ccccc2)c1NC(=O)CCCCC(=O)Nc1c(C(=O)OCC)cnn1-c1ccccc1. The van der Waals surface area contributed by atoms with Crippen LogP contribution in [-0.4, -0.2) is 56.5 Å². The Hall–Kier alpha value is -5.26. The Morgan fingerprint density at radius 2 is 1.02 bits per heavy atom. The van der Waals surface area contributed by atoms with Gasteiger partial charge in [-0.05, 0) is 51.0 Å². The van der Waals surface area contributed by atoms with Gasteiger partial charge in [0.25, 0.3) is 0 Å². The molecule has 12 heteroatoms. The van der Waals surface area contributed by atoms with Crippen molar-refractivity contribution in [2.24, 2.45) is 0 Å². The first-order valence-electron chi connectivity index (χ1n) is 13.6. The molecule has 12 nitrogen and oxygen atoms in total. The smallest absolute Gasteiger partial charge is 0.343 e. The fourth-order valence-corrected chi connectivity index (χ4v) is 4.14. The fraction of sp³-hybridized carbons (Fsp3) is 0.267. The van der Waals surface area contributed by atoms with E-state index < -0.39 is 11.9 Å². The van der Waals surface area contributed by atoms with Gasteiger partial charge in [-0.1, -0.05) is 36.4 Å². The summed E-state index contributed by atoms with van der Waals surface area (Å²) >= 11 is 0. The molecule has 2 aromatic carbocycles. The van der Waals surface area contributed by atoms with Crippen molar-refractivity contribution < 1.29 is 28.7 Å². The van der Waals surface area contributed by atoms with Gasteiger partial charge in [0.05, 0.1) is 37.0 Å². The molecule has 42 heavy (non-hydrogen) atoms. The highest BCUT2D eigenvalue weighted by molar-refractivity contribution is 6.01. The maximum Gasteiger partial charge on any atom is 0.343 e. The number of hydrogen-bond donors (Lipinski definition) is 2. The number of esters is 2. The van der Waals surface area contributed by atoms with Crippen LogP contribution in [-0.2, 0) is 19.1 Å². The summed E-state index contributed by atoms with van der Waals surface area (Å²) in [6, 6.07) is 18.2. The number of hydrogen-bond acceptors (Lipinski definition) is 8. The Morgan fingerprint density at radius 3 is 1.38 bits per heavy atom. The summed E-state index contributed by atoms with van der Waals surface area (Å²) in [5.74, 6) is -1.45. The number of carbonyl (C=O) groups excluding carboxylic acids is 4. The summed E-state index contributed by atoms with van der Waals surface area (Å²) in [6.07, 6.45) is 3.72. The molecule has 0 aliphatic rings. The minimum absolute atomic E-state index is 0.103. The maximum atomic E-state index is 12.8. The second kappa shape index (κ2) is 14.4. The van der Waals surface area contributed by atoms with Crippen LogP contribution in [0.5, 0.6) is 0 Å². The van der Waals surface area contributed by atoms with Gasteiger partial charge < -0.3 is 20.1 Å². The number of carbonyl (C=O) groups is 4. The third kappa shape index (κ3) is 7.27. The van der Waals surface area contributed by atoms with Crippen LogP contribution in [0, 0.1) is 0 Å². The highest BCUT2D eigenvalue weighted by atomic mass is 16.5. The molecule has 4 aromatic rings. The van der Waals surface area contributed by atoms with Crippen molar-refractivity contribution >= 4 is 35.4 Å². The Morgan fingerprint density at radius 1 is 0.643 bits per heavy atom. The van der Waals surface area contributed by atoms with Crippen LogP contribution >= 0.6 is 0 Å². The van der Waals surface area contributed by atoms with E-state index in [4.69, 9.17) is 9.47 Å². The minimum atomic E-state index is -0.594. The number of rotatable bonds is 13. The molecule has 2 N–H and O–H groups in total. The summed E-state index contributed by atoms with van der Waals surface area (Å²) in [5.41, 5.74) is 1.61. The quantitative estimate of drug-likeness (QED) is 0.175.